The molecule has 0 N–H and O–H groups in total. The van der Waals surface area contributed by atoms with Crippen LogP contribution in [-0.2, 0) is 0 Å². The van der Waals surface area contributed by atoms with Gasteiger partial charge in [-0.25, -0.2) is 0 Å². The Morgan fingerprint density at radius 2 is 1.88 bits per heavy atom. The molecule has 0 saturated heterocycles. The molecule has 1 atom stereocenters. The smallest absolute Gasteiger partial charge is 0.0704 e. The first-order valence-corrected chi connectivity index (χ1v) is 9.23. The minimum atomic E-state index is 0.245. The van der Waals surface area contributed by atoms with E-state index < -0.39 is 0 Å². The number of aryl methyl sites for hydroxylation is 1. The Labute approximate surface area is 144 Å². The summed E-state index contributed by atoms with van der Waals surface area (Å²) in [5.74, 6) is 0. The molecule has 0 saturated carbocycles. The Bertz CT molecular complexity index is 551. The van der Waals surface area contributed by atoms with Gasteiger partial charge in [0.2, 0.25) is 0 Å². The van der Waals surface area contributed by atoms with Crippen molar-refractivity contribution in [1.82, 2.24) is 0 Å². The molecule has 0 spiro atoms. The molecule has 1 aromatic carbocycles. The van der Waals surface area contributed by atoms with E-state index in [9.17, 15) is 0 Å². The summed E-state index contributed by atoms with van der Waals surface area (Å²) >= 11 is 15.0. The third-order valence-electron chi connectivity index (χ3n) is 2.43. The van der Waals surface area contributed by atoms with E-state index in [2.05, 4.69) is 102 Å². The van der Waals surface area contributed by atoms with Crippen LogP contribution < -0.4 is 0 Å². The van der Waals surface area contributed by atoms with E-state index in [0.717, 1.165) is 4.47 Å². The van der Waals surface area contributed by atoms with E-state index in [1.54, 1.807) is 11.3 Å². The first-order chi connectivity index (χ1) is 7.99. The van der Waals surface area contributed by atoms with Crippen molar-refractivity contribution in [2.75, 3.05) is 0 Å². The van der Waals surface area contributed by atoms with Crippen molar-refractivity contribution >= 4 is 81.7 Å². The van der Waals surface area contributed by atoms with Crippen LogP contribution in [0, 0.1) is 10.5 Å². The van der Waals surface area contributed by atoms with Crippen LogP contribution in [0.1, 0.15) is 20.8 Å². The highest BCUT2D eigenvalue weighted by atomic mass is 127. The highest BCUT2D eigenvalue weighted by molar-refractivity contribution is 14.1. The van der Waals surface area contributed by atoms with Gasteiger partial charge < -0.3 is 0 Å². The van der Waals surface area contributed by atoms with Crippen molar-refractivity contribution in [3.8, 4) is 0 Å². The summed E-state index contributed by atoms with van der Waals surface area (Å²) in [6.45, 7) is 2.16. The highest BCUT2D eigenvalue weighted by Crippen LogP contribution is 2.40. The summed E-state index contributed by atoms with van der Waals surface area (Å²) < 4.78 is 3.57. The third kappa shape index (κ3) is 3.35. The second kappa shape index (κ2) is 6.03. The Morgan fingerprint density at radius 3 is 2.47 bits per heavy atom. The lowest BCUT2D eigenvalue weighted by molar-refractivity contribution is 1.15. The molecule has 17 heavy (non-hydrogen) atoms. The second-order valence-corrected chi connectivity index (χ2v) is 9.22. The number of rotatable bonds is 2. The summed E-state index contributed by atoms with van der Waals surface area (Å²) in [5.41, 5.74) is 2.63. The van der Waals surface area contributed by atoms with E-state index in [1.165, 1.54) is 23.4 Å². The van der Waals surface area contributed by atoms with Gasteiger partial charge in [0.1, 0.15) is 0 Å². The van der Waals surface area contributed by atoms with Crippen LogP contribution in [0.4, 0.5) is 0 Å². The molecule has 1 aromatic heterocycles. The van der Waals surface area contributed by atoms with E-state index in [0.29, 0.717) is 0 Å². The number of thiophene rings is 1. The predicted octanol–water partition coefficient (Wildman–Crippen LogP) is 6.67. The molecule has 0 amide bonds. The number of hydrogen-bond donors (Lipinski definition) is 0. The number of hydrogen-bond acceptors (Lipinski definition) is 1. The van der Waals surface area contributed by atoms with Crippen molar-refractivity contribution in [3.05, 3.63) is 52.1 Å². The minimum absolute atomic E-state index is 0.245. The Kier molecular flexibility index (Phi) is 5.14. The van der Waals surface area contributed by atoms with Crippen LogP contribution >= 0.6 is 81.7 Å². The van der Waals surface area contributed by atoms with Crippen LogP contribution in [0.3, 0.4) is 0 Å². The van der Waals surface area contributed by atoms with E-state index in [4.69, 9.17) is 0 Å². The van der Waals surface area contributed by atoms with Gasteiger partial charge in [0, 0.05) is 12.9 Å². The minimum Gasteiger partial charge on any atom is -0.133 e. The molecule has 2 rings (SSSR count). The van der Waals surface area contributed by atoms with Gasteiger partial charge in [-0.05, 0) is 80.8 Å². The monoisotopic (exact) mass is 548 g/mol. The van der Waals surface area contributed by atoms with Crippen molar-refractivity contribution in [1.29, 1.82) is 0 Å². The zero-order chi connectivity index (χ0) is 12.6. The Hall–Kier alpha value is 1.09. The predicted molar refractivity (Wildman–Crippen MR) is 94.4 cm³/mol. The molecule has 0 nitrogen and oxygen atoms in total. The molecular weight excluding hydrogens is 543 g/mol. The summed E-state index contributed by atoms with van der Waals surface area (Å²) in [4.78, 5) is 1.59. The van der Waals surface area contributed by atoms with Gasteiger partial charge in [0.05, 0.1) is 8.61 Å². The largest absolute Gasteiger partial charge is 0.133 e. The van der Waals surface area contributed by atoms with E-state index >= 15 is 0 Å². The van der Waals surface area contributed by atoms with Gasteiger partial charge in [-0.3, -0.25) is 0 Å². The number of alkyl halides is 1. The normalized spacial score (nSPS) is 12.8. The van der Waals surface area contributed by atoms with Gasteiger partial charge >= 0.3 is 0 Å². The van der Waals surface area contributed by atoms with Crippen molar-refractivity contribution < 1.29 is 0 Å². The standard InChI is InChI=1S/C12H8Br3IS/c1-6-8(5-11(14)17-6)12(15)9-4-7(13)2-3-10(9)16/h2-5,12H,1H3. The van der Waals surface area contributed by atoms with Gasteiger partial charge in [0.15, 0.2) is 0 Å². The average molecular weight is 551 g/mol. The molecule has 1 unspecified atom stereocenters. The Balaban J connectivity index is 2.46. The molecule has 0 aliphatic carbocycles. The number of halogens is 4. The topological polar surface area (TPSA) is 0 Å². The first-order valence-electron chi connectivity index (χ1n) is 4.84. The summed E-state index contributed by atoms with van der Waals surface area (Å²) in [7, 11) is 0. The van der Waals surface area contributed by atoms with Crippen molar-refractivity contribution in [2.45, 2.75) is 11.8 Å². The molecule has 0 fully saturated rings. The molecule has 1 heterocycles. The van der Waals surface area contributed by atoms with Crippen molar-refractivity contribution in [3.63, 3.8) is 0 Å². The maximum atomic E-state index is 3.80. The van der Waals surface area contributed by atoms with Crippen LogP contribution in [-0.4, -0.2) is 0 Å². The van der Waals surface area contributed by atoms with Gasteiger partial charge in [-0.1, -0.05) is 31.9 Å². The SMILES string of the molecule is Cc1sc(Br)cc1C(Br)c1cc(Br)ccc1I. The fourth-order valence-corrected chi connectivity index (χ4v) is 5.79. The highest BCUT2D eigenvalue weighted by Gasteiger charge is 2.17. The van der Waals surface area contributed by atoms with Gasteiger partial charge in [0.25, 0.3) is 0 Å². The molecule has 0 bridgehead atoms. The Morgan fingerprint density at radius 1 is 1.18 bits per heavy atom. The molecule has 5 heteroatoms. The van der Waals surface area contributed by atoms with Crippen LogP contribution in [0.5, 0.6) is 0 Å². The average Bonchev–Trinajstić information content (AvgIpc) is 2.60. The summed E-state index contributed by atoms with van der Waals surface area (Å²) in [5, 5.41) is 0. The molecular formula is C12H8Br3IS. The van der Waals surface area contributed by atoms with E-state index in [1.807, 2.05) is 0 Å². The molecule has 0 aliphatic heterocycles. The lowest BCUT2D eigenvalue weighted by Gasteiger charge is -2.12. The zero-order valence-electron chi connectivity index (χ0n) is 8.81. The summed E-state index contributed by atoms with van der Waals surface area (Å²) in [6.07, 6.45) is 0. The van der Waals surface area contributed by atoms with E-state index in [-0.39, 0.29) is 4.83 Å². The quantitative estimate of drug-likeness (QED) is 0.289. The van der Waals surface area contributed by atoms with Crippen LogP contribution in [0.25, 0.3) is 0 Å². The molecule has 0 aliphatic rings. The second-order valence-electron chi connectivity index (χ2n) is 3.59. The van der Waals surface area contributed by atoms with Crippen LogP contribution in [0.2, 0.25) is 0 Å². The molecule has 2 aromatic rings. The van der Waals surface area contributed by atoms with Crippen molar-refractivity contribution in [2.24, 2.45) is 0 Å². The van der Waals surface area contributed by atoms with Gasteiger partial charge in [-0.2, -0.15) is 0 Å². The zero-order valence-corrected chi connectivity index (χ0v) is 16.5. The molecule has 0 radical (unpaired) electrons. The van der Waals surface area contributed by atoms with Crippen LogP contribution in [0.15, 0.2) is 32.5 Å². The van der Waals surface area contributed by atoms with Gasteiger partial charge in [-0.15, -0.1) is 11.3 Å². The lowest BCUT2D eigenvalue weighted by atomic mass is 10.1. The lowest BCUT2D eigenvalue weighted by Crippen LogP contribution is -1.95. The first kappa shape index (κ1) is 14.5. The fourth-order valence-electron chi connectivity index (χ4n) is 1.59. The maximum absolute atomic E-state index is 3.80. The summed E-state index contributed by atoms with van der Waals surface area (Å²) in [6, 6.07) is 8.56. The fraction of sp³-hybridized carbons (Fsp3) is 0.167. The number of benzene rings is 1. The molecule has 90 valence electrons. The third-order valence-corrected chi connectivity index (χ3v) is 6.46. The maximum Gasteiger partial charge on any atom is 0.0704 e.